The Labute approximate surface area is 215 Å². The number of esters is 1. The first-order valence-corrected chi connectivity index (χ1v) is 12.6. The van der Waals surface area contributed by atoms with Gasteiger partial charge in [0.05, 0.1) is 24.8 Å². The number of para-hydroxylation sites is 1. The van der Waals surface area contributed by atoms with Crippen molar-refractivity contribution in [2.45, 2.75) is 43.9 Å². The maximum Gasteiger partial charge on any atom is 0.459 e. The summed E-state index contributed by atoms with van der Waals surface area (Å²) in [7, 11) is -3.22. The van der Waals surface area contributed by atoms with Gasteiger partial charge in [-0.1, -0.05) is 28.8 Å². The molecule has 200 valence electrons. The quantitative estimate of drug-likeness (QED) is 0.126. The van der Waals surface area contributed by atoms with Gasteiger partial charge in [-0.2, -0.15) is 10.1 Å². The smallest absolute Gasteiger partial charge is 0.459 e. The Morgan fingerprint density at radius 3 is 2.81 bits per heavy atom. The molecule has 1 saturated heterocycles. The Bertz CT molecular complexity index is 1310. The lowest BCUT2D eigenvalue weighted by atomic mass is 9.93. The number of azide groups is 1. The van der Waals surface area contributed by atoms with Crippen LogP contribution in [0.3, 0.4) is 0 Å². The Morgan fingerprint density at radius 1 is 1.49 bits per heavy atom. The van der Waals surface area contributed by atoms with E-state index in [9.17, 15) is 19.3 Å². The predicted molar refractivity (Wildman–Crippen MR) is 131 cm³/mol. The van der Waals surface area contributed by atoms with Gasteiger partial charge in [0, 0.05) is 11.1 Å². The van der Waals surface area contributed by atoms with E-state index in [1.807, 2.05) is 0 Å². The number of nitrogens with two attached hydrogens (primary N) is 1. The van der Waals surface area contributed by atoms with Gasteiger partial charge in [0.1, 0.15) is 29.3 Å². The van der Waals surface area contributed by atoms with E-state index in [2.05, 4.69) is 24.8 Å². The number of benzene rings is 1. The molecule has 0 bridgehead atoms. The summed E-state index contributed by atoms with van der Waals surface area (Å²) in [4.78, 5) is 30.7. The Balaban J connectivity index is 1.89. The maximum atomic E-state index is 13.6. The van der Waals surface area contributed by atoms with Crippen LogP contribution in [0.25, 0.3) is 10.4 Å². The third-order valence-corrected chi connectivity index (χ3v) is 7.43. The third kappa shape index (κ3) is 6.22. The van der Waals surface area contributed by atoms with Crippen molar-refractivity contribution in [1.82, 2.24) is 14.6 Å². The van der Waals surface area contributed by atoms with E-state index in [1.54, 1.807) is 12.1 Å². The average molecular weight is 558 g/mol. The Hall–Kier alpha value is -3.16. The number of hydrogen-bond acceptors (Lipinski definition) is 11. The van der Waals surface area contributed by atoms with Gasteiger partial charge in [-0.3, -0.25) is 13.9 Å². The Morgan fingerprint density at radius 2 is 2.19 bits per heavy atom. The van der Waals surface area contributed by atoms with Crippen molar-refractivity contribution in [2.24, 2.45) is 5.11 Å². The molecule has 0 radical (unpaired) electrons. The van der Waals surface area contributed by atoms with Crippen molar-refractivity contribution >= 4 is 31.1 Å². The average Bonchev–Trinajstić information content (AvgIpc) is 3.09. The van der Waals surface area contributed by atoms with E-state index >= 15 is 0 Å². The van der Waals surface area contributed by atoms with Gasteiger partial charge in [-0.05, 0) is 37.6 Å². The van der Waals surface area contributed by atoms with Crippen LogP contribution in [0.2, 0.25) is 5.02 Å². The first-order valence-electron chi connectivity index (χ1n) is 10.7. The molecule has 6 atom stereocenters. The zero-order chi connectivity index (χ0) is 27.4. The number of aromatic nitrogens is 2. The van der Waals surface area contributed by atoms with Gasteiger partial charge in [0.25, 0.3) is 0 Å². The van der Waals surface area contributed by atoms with Crippen molar-refractivity contribution in [3.8, 4) is 5.75 Å². The lowest BCUT2D eigenvalue weighted by Gasteiger charge is -2.28. The van der Waals surface area contributed by atoms with E-state index < -0.39 is 56.0 Å². The molecular weight excluding hydrogens is 533 g/mol. The van der Waals surface area contributed by atoms with E-state index in [0.717, 1.165) is 11.7 Å². The van der Waals surface area contributed by atoms with Crippen LogP contribution in [-0.2, 0) is 23.4 Å². The van der Waals surface area contributed by atoms with Crippen LogP contribution in [0, 0.1) is 0 Å². The predicted octanol–water partition coefficient (Wildman–Crippen LogP) is 2.16. The zero-order valence-corrected chi connectivity index (χ0v) is 21.6. The van der Waals surface area contributed by atoms with Gasteiger partial charge in [-0.15, -0.1) is 0 Å². The number of carbonyl (C=O) groups excluding carboxylic acids is 1. The first kappa shape index (κ1) is 28.4. The highest BCUT2D eigenvalue weighted by molar-refractivity contribution is 7.52. The van der Waals surface area contributed by atoms with Crippen LogP contribution in [-0.4, -0.2) is 58.1 Å². The minimum absolute atomic E-state index is 0.0127. The number of nitrogens with zero attached hydrogens (tertiary/aromatic N) is 5. The molecule has 1 aromatic heterocycles. The van der Waals surface area contributed by atoms with Crippen LogP contribution in [0.1, 0.15) is 20.1 Å². The third-order valence-electron chi connectivity index (χ3n) is 5.49. The highest BCUT2D eigenvalue weighted by Crippen LogP contribution is 2.48. The van der Waals surface area contributed by atoms with Gasteiger partial charge in [-0.25, -0.2) is 9.36 Å². The molecule has 3 rings (SSSR count). The molecule has 1 aliphatic heterocycles. The standard InChI is InChI=1S/C20H25ClN7O8P/c1-11(17(30)33-3)25-37(32,36-13-7-5-4-6-12(13)21)34-10-14-16(29)20(2,26-27-23)18(35-14)28-9-8-15(22)24-19(28)31/h4-9,11,14,16,18,29H,10H2,1-3H3,(H,25,32)(H2,22,24,31)/t11-,14+,16+,18-,20+,37?/m0/s1. The van der Waals surface area contributed by atoms with Gasteiger partial charge < -0.3 is 24.8 Å². The Kier molecular flexibility index (Phi) is 8.82. The second-order valence-electron chi connectivity index (χ2n) is 8.12. The zero-order valence-electron chi connectivity index (χ0n) is 19.9. The monoisotopic (exact) mass is 557 g/mol. The van der Waals surface area contributed by atoms with E-state index in [0.29, 0.717) is 0 Å². The van der Waals surface area contributed by atoms with Crippen molar-refractivity contribution in [1.29, 1.82) is 0 Å². The number of ether oxygens (including phenoxy) is 2. The summed E-state index contributed by atoms with van der Waals surface area (Å²) in [5.41, 5.74) is 12.1. The molecule has 0 amide bonds. The molecule has 17 heteroatoms. The molecule has 1 unspecified atom stereocenters. The molecule has 15 nitrogen and oxygen atoms in total. The molecule has 2 heterocycles. The van der Waals surface area contributed by atoms with E-state index in [4.69, 9.17) is 36.7 Å². The molecule has 1 aromatic carbocycles. The van der Waals surface area contributed by atoms with E-state index in [-0.39, 0.29) is 16.6 Å². The highest BCUT2D eigenvalue weighted by atomic mass is 35.5. The number of methoxy groups -OCH3 is 1. The fourth-order valence-corrected chi connectivity index (χ4v) is 5.31. The maximum absolute atomic E-state index is 13.6. The van der Waals surface area contributed by atoms with Crippen molar-refractivity contribution in [3.63, 3.8) is 0 Å². The molecule has 0 spiro atoms. The molecule has 1 fully saturated rings. The SMILES string of the molecule is COC(=O)[C@H](C)NP(=O)(OC[C@H]1O[C@H](n2ccc(N)nc2=O)[C@](C)(N=[N+]=[N-])[C@@H]1O)Oc1ccccc1Cl. The summed E-state index contributed by atoms with van der Waals surface area (Å²) < 4.78 is 36.1. The fourth-order valence-electron chi connectivity index (χ4n) is 3.56. The van der Waals surface area contributed by atoms with Gasteiger partial charge in [0.15, 0.2) is 6.23 Å². The number of halogens is 1. The van der Waals surface area contributed by atoms with Crippen LogP contribution in [0.4, 0.5) is 5.82 Å². The van der Waals surface area contributed by atoms with Crippen LogP contribution in [0.15, 0.2) is 46.4 Å². The van der Waals surface area contributed by atoms with Gasteiger partial charge in [0.2, 0.25) is 0 Å². The second kappa shape index (κ2) is 11.5. The summed E-state index contributed by atoms with van der Waals surface area (Å²) in [6.45, 7) is 2.14. The summed E-state index contributed by atoms with van der Waals surface area (Å²) in [5, 5.41) is 17.2. The van der Waals surface area contributed by atoms with Crippen LogP contribution < -0.4 is 21.0 Å². The molecule has 2 aromatic rings. The molecular formula is C20H25ClN7O8P. The number of nitrogens with one attached hydrogen (secondary N) is 1. The lowest BCUT2D eigenvalue weighted by molar-refractivity contribution is -0.142. The van der Waals surface area contributed by atoms with Crippen molar-refractivity contribution < 1.29 is 33.0 Å². The second-order valence-corrected chi connectivity index (χ2v) is 10.2. The number of hydrogen-bond donors (Lipinski definition) is 3. The van der Waals surface area contributed by atoms with Crippen LogP contribution >= 0.6 is 19.3 Å². The van der Waals surface area contributed by atoms with Crippen molar-refractivity contribution in [2.75, 3.05) is 19.5 Å². The minimum atomic E-state index is -4.36. The number of aliphatic hydroxyl groups is 1. The first-order chi connectivity index (χ1) is 17.4. The number of carbonyl (C=O) groups is 1. The molecule has 37 heavy (non-hydrogen) atoms. The number of rotatable bonds is 10. The fraction of sp³-hybridized carbons (Fsp3) is 0.450. The van der Waals surface area contributed by atoms with Gasteiger partial charge >= 0.3 is 19.4 Å². The lowest BCUT2D eigenvalue weighted by Crippen LogP contribution is -2.45. The van der Waals surface area contributed by atoms with Crippen LogP contribution in [0.5, 0.6) is 5.75 Å². The van der Waals surface area contributed by atoms with E-state index in [1.165, 1.54) is 38.2 Å². The summed E-state index contributed by atoms with van der Waals surface area (Å²) in [6, 6.07) is 6.31. The summed E-state index contributed by atoms with van der Waals surface area (Å²) >= 11 is 6.11. The molecule has 0 aliphatic carbocycles. The minimum Gasteiger partial charge on any atom is -0.468 e. The number of aliphatic hydroxyl groups excluding tert-OH is 1. The number of nitrogen functional groups attached to an aromatic ring is 1. The summed E-state index contributed by atoms with van der Waals surface area (Å²) in [6.07, 6.45) is -2.87. The summed E-state index contributed by atoms with van der Waals surface area (Å²) in [5.74, 6) is -0.815. The molecule has 1 aliphatic rings. The normalized spacial score (nSPS) is 25.5. The topological polar surface area (TPSA) is 213 Å². The van der Waals surface area contributed by atoms with Crippen molar-refractivity contribution in [3.05, 3.63) is 62.5 Å². The highest BCUT2D eigenvalue weighted by Gasteiger charge is 2.55. The number of anilines is 1. The molecule has 4 N–H and O–H groups in total. The largest absolute Gasteiger partial charge is 0.468 e. The molecule has 0 saturated carbocycles.